The van der Waals surface area contributed by atoms with E-state index in [2.05, 4.69) is 52.7 Å². The molecule has 11 nitrogen and oxygen atoms in total. The highest BCUT2D eigenvalue weighted by Gasteiger charge is 2.66. The summed E-state index contributed by atoms with van der Waals surface area (Å²) in [6.07, 6.45) is 7.21. The van der Waals surface area contributed by atoms with Crippen LogP contribution in [0, 0.1) is 46.3 Å². The fraction of sp³-hybridized carbons (Fsp3) is 0.522. The summed E-state index contributed by atoms with van der Waals surface area (Å²) in [6, 6.07) is 27.7. The second-order valence-electron chi connectivity index (χ2n) is 17.6. The third-order valence-electron chi connectivity index (χ3n) is 14.7. The minimum Gasteiger partial charge on any atom is -0.469 e. The Labute approximate surface area is 337 Å². The summed E-state index contributed by atoms with van der Waals surface area (Å²) in [5.41, 5.74) is 1.86. The number of carbonyl (C=O) groups is 4. The monoisotopic (exact) mass is 776 g/mol. The highest BCUT2D eigenvalue weighted by Crippen LogP contribution is 2.68. The van der Waals surface area contributed by atoms with Crippen LogP contribution in [0.2, 0.25) is 0 Å². The van der Waals surface area contributed by atoms with Crippen LogP contribution in [-0.2, 0) is 9.53 Å². The van der Waals surface area contributed by atoms with E-state index in [1.54, 1.807) is 0 Å². The highest BCUT2D eigenvalue weighted by atomic mass is 16.5. The molecule has 4 aliphatic rings. The number of amides is 6. The van der Waals surface area contributed by atoms with Gasteiger partial charge in [-0.05, 0) is 134 Å². The van der Waals surface area contributed by atoms with Gasteiger partial charge in [0.1, 0.15) is 0 Å². The number of carbonyl (C=O) groups excluding carboxylic acids is 4. The van der Waals surface area contributed by atoms with Crippen molar-refractivity contribution in [2.24, 2.45) is 46.3 Å². The van der Waals surface area contributed by atoms with Crippen LogP contribution in [-0.4, -0.2) is 49.3 Å². The van der Waals surface area contributed by atoms with E-state index < -0.39 is 0 Å². The van der Waals surface area contributed by atoms with Crippen molar-refractivity contribution < 1.29 is 23.9 Å². The van der Waals surface area contributed by atoms with Gasteiger partial charge in [-0.25, -0.2) is 14.4 Å². The highest BCUT2D eigenvalue weighted by molar-refractivity contribution is 5.90. The SMILES string of the molecule is COC(=O)CC[C@@H](C)[C@H]1CC[C@H]2[C@@H]3[C@H](NC(=O)Nc4ccccc4)C[C@H]4C[C@H](NC(=O)Nc5ccccc5)CC[C@]4(C)[C@H]3C[C@H](NC(=O)Nc3ccccc3)[C@]12C. The Balaban J connectivity index is 1.19. The lowest BCUT2D eigenvalue weighted by atomic mass is 9.42. The van der Waals surface area contributed by atoms with Crippen LogP contribution < -0.4 is 31.9 Å². The molecule has 0 heterocycles. The number of methoxy groups -OCH3 is 1. The third-order valence-corrected chi connectivity index (χ3v) is 14.7. The fourth-order valence-corrected chi connectivity index (χ4v) is 12.0. The first-order chi connectivity index (χ1) is 27.5. The van der Waals surface area contributed by atoms with E-state index in [4.69, 9.17) is 4.74 Å². The van der Waals surface area contributed by atoms with Crippen molar-refractivity contribution >= 4 is 41.1 Å². The van der Waals surface area contributed by atoms with E-state index in [-0.39, 0.29) is 88.5 Å². The Kier molecular flexibility index (Phi) is 12.1. The van der Waals surface area contributed by atoms with Gasteiger partial charge >= 0.3 is 24.1 Å². The first kappa shape index (κ1) is 40.1. The van der Waals surface area contributed by atoms with Crippen LogP contribution in [0.5, 0.6) is 0 Å². The number of para-hydroxylation sites is 3. The van der Waals surface area contributed by atoms with Gasteiger partial charge < -0.3 is 36.6 Å². The molecule has 304 valence electrons. The largest absolute Gasteiger partial charge is 0.469 e. The molecule has 4 saturated carbocycles. The zero-order chi connectivity index (χ0) is 40.2. The summed E-state index contributed by atoms with van der Waals surface area (Å²) in [4.78, 5) is 53.3. The van der Waals surface area contributed by atoms with Crippen LogP contribution in [0.15, 0.2) is 91.0 Å². The molecule has 6 N–H and O–H groups in total. The first-order valence-corrected chi connectivity index (χ1v) is 20.9. The maximum absolute atomic E-state index is 13.9. The van der Waals surface area contributed by atoms with Crippen LogP contribution in [0.3, 0.4) is 0 Å². The number of nitrogens with one attached hydrogen (secondary N) is 6. The van der Waals surface area contributed by atoms with Crippen molar-refractivity contribution in [2.45, 2.75) is 96.7 Å². The van der Waals surface area contributed by atoms with Crippen LogP contribution in [0.4, 0.5) is 31.4 Å². The number of benzene rings is 3. The third kappa shape index (κ3) is 8.62. The maximum atomic E-state index is 13.9. The molecule has 57 heavy (non-hydrogen) atoms. The Morgan fingerprint density at radius 3 is 1.79 bits per heavy atom. The number of urea groups is 3. The second-order valence-corrected chi connectivity index (χ2v) is 17.6. The molecule has 0 bridgehead atoms. The summed E-state index contributed by atoms with van der Waals surface area (Å²) >= 11 is 0. The summed E-state index contributed by atoms with van der Waals surface area (Å²) in [5, 5.41) is 19.5. The topological polar surface area (TPSA) is 150 Å². The van der Waals surface area contributed by atoms with E-state index >= 15 is 0 Å². The number of anilines is 3. The van der Waals surface area contributed by atoms with Gasteiger partial charge in [0.05, 0.1) is 7.11 Å². The minimum atomic E-state index is -0.294. The maximum Gasteiger partial charge on any atom is 0.319 e. The first-order valence-electron chi connectivity index (χ1n) is 20.9. The molecular formula is C46H60N6O5. The van der Waals surface area contributed by atoms with E-state index in [1.807, 2.05) is 91.0 Å². The van der Waals surface area contributed by atoms with Crippen molar-refractivity contribution in [1.29, 1.82) is 0 Å². The van der Waals surface area contributed by atoms with E-state index in [0.29, 0.717) is 12.8 Å². The quantitative estimate of drug-likeness (QED) is 0.114. The van der Waals surface area contributed by atoms with E-state index in [1.165, 1.54) is 7.11 Å². The molecule has 0 spiro atoms. The average molecular weight is 777 g/mol. The van der Waals surface area contributed by atoms with Crippen molar-refractivity contribution in [3.05, 3.63) is 91.0 Å². The zero-order valence-corrected chi connectivity index (χ0v) is 33.8. The molecular weight excluding hydrogens is 717 g/mol. The zero-order valence-electron chi connectivity index (χ0n) is 33.8. The molecule has 0 saturated heterocycles. The van der Waals surface area contributed by atoms with Gasteiger partial charge in [-0.15, -0.1) is 0 Å². The van der Waals surface area contributed by atoms with Crippen molar-refractivity contribution in [3.8, 4) is 0 Å². The van der Waals surface area contributed by atoms with Crippen molar-refractivity contribution in [1.82, 2.24) is 16.0 Å². The van der Waals surface area contributed by atoms with Crippen LogP contribution >= 0.6 is 0 Å². The van der Waals surface area contributed by atoms with Crippen molar-refractivity contribution in [2.75, 3.05) is 23.1 Å². The molecule has 6 amide bonds. The van der Waals surface area contributed by atoms with Crippen molar-refractivity contribution in [3.63, 3.8) is 0 Å². The standard InChI is InChI=1S/C46H60N6O5/c1-29(20-23-40(53)57-4)35-21-22-36-41-37(28-39(46(35,36)3)52-44(56)49-33-18-12-7-13-19-33)45(2)25-24-34(50-42(54)47-31-14-8-5-9-15-31)26-30(45)27-38(41)51-43(55)48-32-16-10-6-11-17-32/h5-19,29-30,34-39,41H,20-28H2,1-4H3,(H2,47,50,54)(H2,48,51,55)(H2,49,52,56)/t29-,30-,34-,35-,36+,37+,38-,39+,41+,45+,46-/m1/s1. The minimum absolute atomic E-state index is 0.00641. The number of rotatable bonds is 10. The Bertz CT molecular complexity index is 1860. The number of hydrogen-bond acceptors (Lipinski definition) is 5. The molecule has 3 aromatic carbocycles. The van der Waals surface area contributed by atoms with Gasteiger partial charge in [0.25, 0.3) is 0 Å². The lowest BCUT2D eigenvalue weighted by molar-refractivity contribution is -0.143. The van der Waals surface area contributed by atoms with Gasteiger partial charge in [-0.1, -0.05) is 75.4 Å². The molecule has 11 atom stereocenters. The summed E-state index contributed by atoms with van der Waals surface area (Å²) < 4.78 is 5.03. The predicted octanol–water partition coefficient (Wildman–Crippen LogP) is 9.03. The summed E-state index contributed by atoms with van der Waals surface area (Å²) in [5.74, 6) is 1.11. The molecule has 0 aliphatic heterocycles. The molecule has 4 aliphatic carbocycles. The smallest absolute Gasteiger partial charge is 0.319 e. The second kappa shape index (κ2) is 17.2. The predicted molar refractivity (Wildman–Crippen MR) is 224 cm³/mol. The molecule has 0 aromatic heterocycles. The number of esters is 1. The van der Waals surface area contributed by atoms with Gasteiger partial charge in [0, 0.05) is 41.6 Å². The van der Waals surface area contributed by atoms with E-state index in [9.17, 15) is 19.2 Å². The van der Waals surface area contributed by atoms with Gasteiger partial charge in [-0.3, -0.25) is 4.79 Å². The molecule has 11 heteroatoms. The van der Waals surface area contributed by atoms with E-state index in [0.717, 1.165) is 62.0 Å². The average Bonchev–Trinajstić information content (AvgIpc) is 3.56. The summed E-state index contributed by atoms with van der Waals surface area (Å²) in [6.45, 7) is 7.05. The lowest BCUT2D eigenvalue weighted by Gasteiger charge is -2.65. The number of fused-ring (bicyclic) bond motifs is 5. The number of hydrogen-bond donors (Lipinski definition) is 6. The van der Waals surface area contributed by atoms with Gasteiger partial charge in [-0.2, -0.15) is 0 Å². The fourth-order valence-electron chi connectivity index (χ4n) is 12.0. The Hall–Kier alpha value is -5.06. The molecule has 4 fully saturated rings. The summed E-state index contributed by atoms with van der Waals surface area (Å²) in [7, 11) is 1.44. The Morgan fingerprint density at radius 2 is 1.23 bits per heavy atom. The normalized spacial score (nSPS) is 31.9. The van der Waals surface area contributed by atoms with Crippen LogP contribution in [0.25, 0.3) is 0 Å². The molecule has 0 radical (unpaired) electrons. The molecule has 3 aromatic rings. The molecule has 0 unspecified atom stereocenters. The van der Waals surface area contributed by atoms with Gasteiger partial charge in [0.2, 0.25) is 0 Å². The van der Waals surface area contributed by atoms with Crippen LogP contribution in [0.1, 0.15) is 78.6 Å². The number of ether oxygens (including phenoxy) is 1. The lowest BCUT2D eigenvalue weighted by Crippen LogP contribution is -2.68. The Morgan fingerprint density at radius 1 is 0.684 bits per heavy atom. The van der Waals surface area contributed by atoms with Gasteiger partial charge in [0.15, 0.2) is 0 Å². The molecule has 7 rings (SSSR count).